The van der Waals surface area contributed by atoms with Gasteiger partial charge in [-0.1, -0.05) is 13.8 Å². The standard InChI is InChI=1S/C13H23N3S/c1-10(2)7-14-13-15-11(3)8-16(13)9-12-5-4-6-17-12/h8,10,12H,4-7,9H2,1-3H3,(H,14,15). The Balaban J connectivity index is 1.98. The van der Waals surface area contributed by atoms with Gasteiger partial charge in [-0.25, -0.2) is 4.98 Å². The van der Waals surface area contributed by atoms with Crippen molar-refractivity contribution in [2.45, 2.75) is 45.4 Å². The molecule has 2 heterocycles. The number of aryl methyl sites for hydroxylation is 1. The summed E-state index contributed by atoms with van der Waals surface area (Å²) in [7, 11) is 0. The minimum Gasteiger partial charge on any atom is -0.355 e. The molecule has 0 radical (unpaired) electrons. The number of imidazole rings is 1. The Hall–Kier alpha value is -0.640. The van der Waals surface area contributed by atoms with Crippen LogP contribution < -0.4 is 5.32 Å². The van der Waals surface area contributed by atoms with Gasteiger partial charge in [0.05, 0.1) is 5.69 Å². The Bertz CT molecular complexity index is 354. The van der Waals surface area contributed by atoms with Gasteiger partial charge in [0.15, 0.2) is 0 Å². The van der Waals surface area contributed by atoms with Crippen LogP contribution in [0.25, 0.3) is 0 Å². The molecule has 0 bridgehead atoms. The van der Waals surface area contributed by atoms with E-state index in [4.69, 9.17) is 0 Å². The molecule has 0 aromatic carbocycles. The summed E-state index contributed by atoms with van der Waals surface area (Å²) in [5, 5.41) is 4.23. The molecule has 96 valence electrons. The highest BCUT2D eigenvalue weighted by Gasteiger charge is 2.17. The van der Waals surface area contributed by atoms with Crippen molar-refractivity contribution in [2.24, 2.45) is 5.92 Å². The van der Waals surface area contributed by atoms with Crippen molar-refractivity contribution in [3.8, 4) is 0 Å². The summed E-state index contributed by atoms with van der Waals surface area (Å²) in [6.45, 7) is 8.61. The van der Waals surface area contributed by atoms with Crippen LogP contribution in [0.2, 0.25) is 0 Å². The molecule has 0 aliphatic carbocycles. The topological polar surface area (TPSA) is 29.9 Å². The Kier molecular flexibility index (Phi) is 4.37. The highest BCUT2D eigenvalue weighted by molar-refractivity contribution is 8.00. The second-order valence-corrected chi connectivity index (χ2v) is 6.68. The molecule has 1 fully saturated rings. The van der Waals surface area contributed by atoms with Crippen molar-refractivity contribution < 1.29 is 0 Å². The summed E-state index contributed by atoms with van der Waals surface area (Å²) in [4.78, 5) is 4.57. The van der Waals surface area contributed by atoms with Crippen molar-refractivity contribution in [3.05, 3.63) is 11.9 Å². The van der Waals surface area contributed by atoms with Gasteiger partial charge in [-0.2, -0.15) is 11.8 Å². The van der Waals surface area contributed by atoms with E-state index >= 15 is 0 Å². The van der Waals surface area contributed by atoms with Gasteiger partial charge in [-0.15, -0.1) is 0 Å². The van der Waals surface area contributed by atoms with E-state index in [1.165, 1.54) is 18.6 Å². The Morgan fingerprint density at radius 1 is 1.59 bits per heavy atom. The SMILES string of the molecule is Cc1cn(CC2CCCS2)c(NCC(C)C)n1. The maximum Gasteiger partial charge on any atom is 0.203 e. The molecular formula is C13H23N3S. The average molecular weight is 253 g/mol. The van der Waals surface area contributed by atoms with Crippen LogP contribution in [-0.4, -0.2) is 27.1 Å². The molecular weight excluding hydrogens is 230 g/mol. The molecule has 1 saturated heterocycles. The summed E-state index contributed by atoms with van der Waals surface area (Å²) >= 11 is 2.10. The number of hydrogen-bond donors (Lipinski definition) is 1. The predicted octanol–water partition coefficient (Wildman–Crippen LogP) is 3.16. The number of anilines is 1. The number of aromatic nitrogens is 2. The van der Waals surface area contributed by atoms with E-state index in [2.05, 4.69) is 53.6 Å². The lowest BCUT2D eigenvalue weighted by Crippen LogP contribution is -2.16. The fourth-order valence-corrected chi connectivity index (χ4v) is 3.40. The zero-order chi connectivity index (χ0) is 12.3. The van der Waals surface area contributed by atoms with Crippen LogP contribution in [0.5, 0.6) is 0 Å². The van der Waals surface area contributed by atoms with Gasteiger partial charge >= 0.3 is 0 Å². The van der Waals surface area contributed by atoms with E-state index in [0.29, 0.717) is 5.92 Å². The minimum absolute atomic E-state index is 0.654. The molecule has 1 aliphatic heterocycles. The van der Waals surface area contributed by atoms with Gasteiger partial charge in [0.2, 0.25) is 5.95 Å². The second-order valence-electron chi connectivity index (χ2n) is 5.27. The first-order valence-electron chi connectivity index (χ1n) is 6.54. The van der Waals surface area contributed by atoms with E-state index in [1.54, 1.807) is 0 Å². The Morgan fingerprint density at radius 2 is 2.41 bits per heavy atom. The molecule has 3 nitrogen and oxygen atoms in total. The van der Waals surface area contributed by atoms with Gasteiger partial charge in [0, 0.05) is 24.5 Å². The van der Waals surface area contributed by atoms with E-state index in [0.717, 1.165) is 30.0 Å². The van der Waals surface area contributed by atoms with Gasteiger partial charge < -0.3 is 9.88 Å². The Morgan fingerprint density at radius 3 is 3.06 bits per heavy atom. The predicted molar refractivity (Wildman–Crippen MR) is 75.8 cm³/mol. The number of thioether (sulfide) groups is 1. The monoisotopic (exact) mass is 253 g/mol. The highest BCUT2D eigenvalue weighted by Crippen LogP contribution is 2.28. The zero-order valence-electron chi connectivity index (χ0n) is 11.1. The molecule has 17 heavy (non-hydrogen) atoms. The van der Waals surface area contributed by atoms with E-state index in [9.17, 15) is 0 Å². The molecule has 1 atom stereocenters. The lowest BCUT2D eigenvalue weighted by Gasteiger charge is -2.14. The lowest BCUT2D eigenvalue weighted by molar-refractivity contribution is 0.630. The maximum absolute atomic E-state index is 4.57. The maximum atomic E-state index is 4.57. The third-order valence-corrected chi connectivity index (χ3v) is 4.37. The fourth-order valence-electron chi connectivity index (χ4n) is 2.13. The van der Waals surface area contributed by atoms with Gasteiger partial charge in [0.25, 0.3) is 0 Å². The first-order valence-corrected chi connectivity index (χ1v) is 7.59. The van der Waals surface area contributed by atoms with Crippen molar-refractivity contribution in [1.29, 1.82) is 0 Å². The summed E-state index contributed by atoms with van der Waals surface area (Å²) in [5.74, 6) is 3.03. The summed E-state index contributed by atoms with van der Waals surface area (Å²) < 4.78 is 2.29. The third-order valence-electron chi connectivity index (χ3n) is 2.99. The highest BCUT2D eigenvalue weighted by atomic mass is 32.2. The molecule has 1 aromatic rings. The van der Waals surface area contributed by atoms with E-state index in [1.807, 2.05) is 0 Å². The van der Waals surface area contributed by atoms with Crippen LogP contribution in [0, 0.1) is 12.8 Å². The van der Waals surface area contributed by atoms with Gasteiger partial charge in [0.1, 0.15) is 0 Å². The van der Waals surface area contributed by atoms with Gasteiger partial charge in [-0.05, 0) is 31.4 Å². The summed E-state index contributed by atoms with van der Waals surface area (Å²) in [6.07, 6.45) is 4.89. The Labute approximate surface area is 108 Å². The second kappa shape index (κ2) is 5.80. The third kappa shape index (κ3) is 3.66. The number of nitrogens with one attached hydrogen (secondary N) is 1. The first kappa shape index (κ1) is 12.8. The van der Waals surface area contributed by atoms with Crippen LogP contribution in [0.4, 0.5) is 5.95 Å². The average Bonchev–Trinajstić information content (AvgIpc) is 2.86. The van der Waals surface area contributed by atoms with Crippen LogP contribution in [0.3, 0.4) is 0 Å². The van der Waals surface area contributed by atoms with Crippen molar-refractivity contribution >= 4 is 17.7 Å². The quantitative estimate of drug-likeness (QED) is 0.874. The van der Waals surface area contributed by atoms with Crippen LogP contribution >= 0.6 is 11.8 Å². The molecule has 1 aliphatic rings. The smallest absolute Gasteiger partial charge is 0.203 e. The minimum atomic E-state index is 0.654. The molecule has 0 saturated carbocycles. The molecule has 1 aromatic heterocycles. The lowest BCUT2D eigenvalue weighted by atomic mass is 10.2. The molecule has 2 rings (SSSR count). The summed E-state index contributed by atoms with van der Waals surface area (Å²) in [6, 6.07) is 0. The molecule has 1 unspecified atom stereocenters. The van der Waals surface area contributed by atoms with Crippen molar-refractivity contribution in [2.75, 3.05) is 17.6 Å². The van der Waals surface area contributed by atoms with E-state index in [-0.39, 0.29) is 0 Å². The normalized spacial score (nSPS) is 20.1. The zero-order valence-corrected chi connectivity index (χ0v) is 11.9. The molecule has 4 heteroatoms. The largest absolute Gasteiger partial charge is 0.355 e. The van der Waals surface area contributed by atoms with Gasteiger partial charge in [-0.3, -0.25) is 0 Å². The van der Waals surface area contributed by atoms with Crippen molar-refractivity contribution in [3.63, 3.8) is 0 Å². The van der Waals surface area contributed by atoms with Crippen molar-refractivity contribution in [1.82, 2.24) is 9.55 Å². The fraction of sp³-hybridized carbons (Fsp3) is 0.769. The number of hydrogen-bond acceptors (Lipinski definition) is 3. The first-order chi connectivity index (χ1) is 8.15. The van der Waals surface area contributed by atoms with E-state index < -0.39 is 0 Å². The number of rotatable bonds is 5. The molecule has 0 spiro atoms. The van der Waals surface area contributed by atoms with Crippen LogP contribution in [0.15, 0.2) is 6.20 Å². The molecule has 0 amide bonds. The molecule has 1 N–H and O–H groups in total. The number of nitrogens with zero attached hydrogens (tertiary/aromatic N) is 2. The summed E-state index contributed by atoms with van der Waals surface area (Å²) in [5.41, 5.74) is 1.11. The van der Waals surface area contributed by atoms with Crippen LogP contribution in [0.1, 0.15) is 32.4 Å². The van der Waals surface area contributed by atoms with Crippen LogP contribution in [-0.2, 0) is 6.54 Å².